The predicted molar refractivity (Wildman–Crippen MR) is 117 cm³/mol. The molecule has 30 heavy (non-hydrogen) atoms. The molecule has 0 bridgehead atoms. The van der Waals surface area contributed by atoms with Crippen molar-refractivity contribution in [3.05, 3.63) is 82.2 Å². The Bertz CT molecular complexity index is 1230. The second-order valence-corrected chi connectivity index (χ2v) is 7.81. The highest BCUT2D eigenvalue weighted by molar-refractivity contribution is 8.03. The molecule has 0 fully saturated rings. The molecule has 0 aliphatic carbocycles. The molecule has 0 aliphatic heterocycles. The first-order valence-corrected chi connectivity index (χ1v) is 10.5. The van der Waals surface area contributed by atoms with Crippen molar-refractivity contribution in [3.63, 3.8) is 0 Å². The SMILES string of the molecule is CCc1nnc(S/C(=C\c2c(C)n(Cc3ccccc3)c3ccccc23)C(=O)O)o1. The first-order chi connectivity index (χ1) is 14.6. The Balaban J connectivity index is 1.78. The van der Waals surface area contributed by atoms with Crippen LogP contribution in [0.4, 0.5) is 0 Å². The molecule has 0 atom stereocenters. The molecule has 0 spiro atoms. The highest BCUT2D eigenvalue weighted by Crippen LogP contribution is 2.33. The van der Waals surface area contributed by atoms with Crippen LogP contribution in [-0.4, -0.2) is 25.8 Å². The zero-order valence-electron chi connectivity index (χ0n) is 16.7. The van der Waals surface area contributed by atoms with Gasteiger partial charge >= 0.3 is 5.97 Å². The maximum atomic E-state index is 11.9. The minimum Gasteiger partial charge on any atom is -0.477 e. The molecule has 0 aliphatic rings. The number of fused-ring (bicyclic) bond motifs is 1. The Morgan fingerprint density at radius 3 is 2.57 bits per heavy atom. The first-order valence-electron chi connectivity index (χ1n) is 9.63. The van der Waals surface area contributed by atoms with E-state index >= 15 is 0 Å². The molecule has 7 heteroatoms. The van der Waals surface area contributed by atoms with Crippen molar-refractivity contribution < 1.29 is 14.3 Å². The number of aliphatic carboxylic acids is 1. The van der Waals surface area contributed by atoms with Crippen molar-refractivity contribution in [2.45, 2.75) is 32.0 Å². The largest absolute Gasteiger partial charge is 0.477 e. The Morgan fingerprint density at radius 2 is 1.87 bits per heavy atom. The lowest BCUT2D eigenvalue weighted by atomic mass is 10.1. The third kappa shape index (κ3) is 4.02. The topological polar surface area (TPSA) is 81.2 Å². The highest BCUT2D eigenvalue weighted by atomic mass is 32.2. The number of aromatic nitrogens is 3. The van der Waals surface area contributed by atoms with Crippen LogP contribution in [0.5, 0.6) is 0 Å². The number of benzene rings is 2. The van der Waals surface area contributed by atoms with Gasteiger partial charge in [0.1, 0.15) is 4.91 Å². The zero-order chi connectivity index (χ0) is 21.1. The van der Waals surface area contributed by atoms with Crippen molar-refractivity contribution in [2.75, 3.05) is 0 Å². The number of nitrogens with zero attached hydrogens (tertiary/aromatic N) is 3. The summed E-state index contributed by atoms with van der Waals surface area (Å²) in [6.45, 7) is 4.63. The molecule has 0 saturated heterocycles. The summed E-state index contributed by atoms with van der Waals surface area (Å²) in [5, 5.41) is 18.9. The number of aryl methyl sites for hydroxylation is 1. The van der Waals surface area contributed by atoms with E-state index in [4.69, 9.17) is 4.42 Å². The standard InChI is InChI=1S/C23H21N3O3S/c1-3-21-24-25-23(29-21)30-20(22(27)28)13-18-15(2)26(14-16-9-5-4-6-10-16)19-12-8-7-11-17(18)19/h4-13H,3,14H2,1-2H3,(H,27,28)/b20-13-. The number of thioether (sulfide) groups is 1. The minimum absolute atomic E-state index is 0.131. The van der Waals surface area contributed by atoms with Crippen LogP contribution < -0.4 is 0 Å². The van der Waals surface area contributed by atoms with E-state index in [1.165, 1.54) is 5.56 Å². The second-order valence-electron chi connectivity index (χ2n) is 6.82. The molecule has 152 valence electrons. The molecular weight excluding hydrogens is 398 g/mol. The van der Waals surface area contributed by atoms with E-state index in [-0.39, 0.29) is 10.1 Å². The summed E-state index contributed by atoms with van der Waals surface area (Å²) in [7, 11) is 0. The molecule has 0 unspecified atom stereocenters. The molecule has 0 amide bonds. The van der Waals surface area contributed by atoms with E-state index < -0.39 is 5.97 Å². The van der Waals surface area contributed by atoms with Crippen LogP contribution in [0, 0.1) is 6.92 Å². The molecule has 4 rings (SSSR count). The lowest BCUT2D eigenvalue weighted by Crippen LogP contribution is -2.02. The summed E-state index contributed by atoms with van der Waals surface area (Å²) >= 11 is 0.970. The number of carboxylic acid groups (broad SMARTS) is 1. The molecule has 2 aromatic heterocycles. The fourth-order valence-electron chi connectivity index (χ4n) is 3.39. The van der Waals surface area contributed by atoms with Gasteiger partial charge in [-0.1, -0.05) is 55.5 Å². The van der Waals surface area contributed by atoms with Gasteiger partial charge in [0, 0.05) is 35.1 Å². The fourth-order valence-corrected chi connectivity index (χ4v) is 4.06. The van der Waals surface area contributed by atoms with Gasteiger partial charge in [0.25, 0.3) is 5.22 Å². The number of carbonyl (C=O) groups is 1. The van der Waals surface area contributed by atoms with E-state index in [1.807, 2.05) is 50.2 Å². The Morgan fingerprint density at radius 1 is 1.13 bits per heavy atom. The van der Waals surface area contributed by atoms with Gasteiger partial charge in [-0.25, -0.2) is 4.79 Å². The maximum absolute atomic E-state index is 11.9. The summed E-state index contributed by atoms with van der Waals surface area (Å²) in [6, 6.07) is 18.2. The fraction of sp³-hybridized carbons (Fsp3) is 0.174. The van der Waals surface area contributed by atoms with Crippen LogP contribution in [0.25, 0.3) is 17.0 Å². The van der Waals surface area contributed by atoms with E-state index in [0.717, 1.165) is 33.9 Å². The summed E-state index contributed by atoms with van der Waals surface area (Å²) in [5.74, 6) is -0.548. The summed E-state index contributed by atoms with van der Waals surface area (Å²) in [6.07, 6.45) is 2.30. The third-order valence-electron chi connectivity index (χ3n) is 4.90. The Labute approximate surface area is 178 Å². The van der Waals surface area contributed by atoms with Crippen molar-refractivity contribution in [1.29, 1.82) is 0 Å². The van der Waals surface area contributed by atoms with Crippen LogP contribution in [0.15, 0.2) is 69.1 Å². The Hall–Kier alpha value is -3.32. The van der Waals surface area contributed by atoms with Crippen LogP contribution in [0.2, 0.25) is 0 Å². The van der Waals surface area contributed by atoms with Crippen LogP contribution in [-0.2, 0) is 17.8 Å². The predicted octanol–water partition coefficient (Wildman–Crippen LogP) is 5.16. The van der Waals surface area contributed by atoms with E-state index in [0.29, 0.717) is 18.9 Å². The third-order valence-corrected chi connectivity index (χ3v) is 5.75. The molecule has 1 N–H and O–H groups in total. The van der Waals surface area contributed by atoms with Crippen LogP contribution in [0.1, 0.15) is 29.6 Å². The number of hydrogen-bond donors (Lipinski definition) is 1. The van der Waals surface area contributed by atoms with Gasteiger partial charge in [-0.3, -0.25) is 0 Å². The normalized spacial score (nSPS) is 11.9. The molecular formula is C23H21N3O3S. The highest BCUT2D eigenvalue weighted by Gasteiger charge is 2.18. The van der Waals surface area contributed by atoms with E-state index in [1.54, 1.807) is 6.08 Å². The van der Waals surface area contributed by atoms with Gasteiger partial charge in [-0.15, -0.1) is 10.2 Å². The van der Waals surface area contributed by atoms with Crippen molar-refractivity contribution in [1.82, 2.24) is 14.8 Å². The van der Waals surface area contributed by atoms with Gasteiger partial charge in [0.2, 0.25) is 5.89 Å². The number of carboxylic acids is 1. The molecule has 2 aromatic carbocycles. The first kappa shape index (κ1) is 20.0. The number of hydrogen-bond acceptors (Lipinski definition) is 5. The lowest BCUT2D eigenvalue weighted by molar-refractivity contribution is -0.131. The van der Waals surface area contributed by atoms with Gasteiger partial charge in [-0.2, -0.15) is 0 Å². The van der Waals surface area contributed by atoms with Gasteiger partial charge in [-0.05, 0) is 36.4 Å². The van der Waals surface area contributed by atoms with Crippen molar-refractivity contribution in [3.8, 4) is 0 Å². The van der Waals surface area contributed by atoms with Crippen LogP contribution in [0.3, 0.4) is 0 Å². The average molecular weight is 420 g/mol. The number of para-hydroxylation sites is 1. The van der Waals surface area contributed by atoms with E-state index in [9.17, 15) is 9.90 Å². The van der Waals surface area contributed by atoms with Gasteiger partial charge in [0.05, 0.1) is 0 Å². The zero-order valence-corrected chi connectivity index (χ0v) is 17.5. The van der Waals surface area contributed by atoms with E-state index in [2.05, 4.69) is 33.0 Å². The maximum Gasteiger partial charge on any atom is 0.342 e. The average Bonchev–Trinajstić information content (AvgIpc) is 3.32. The Kier molecular flexibility index (Phi) is 5.72. The monoisotopic (exact) mass is 419 g/mol. The summed E-state index contributed by atoms with van der Waals surface area (Å²) in [4.78, 5) is 12.1. The lowest BCUT2D eigenvalue weighted by Gasteiger charge is -2.08. The second kappa shape index (κ2) is 8.59. The molecule has 0 radical (unpaired) electrons. The molecule has 0 saturated carbocycles. The van der Waals surface area contributed by atoms with Gasteiger partial charge < -0.3 is 14.1 Å². The minimum atomic E-state index is -1.03. The quantitative estimate of drug-likeness (QED) is 0.329. The summed E-state index contributed by atoms with van der Waals surface area (Å²) in [5.41, 5.74) is 4.12. The van der Waals surface area contributed by atoms with Crippen LogP contribution >= 0.6 is 11.8 Å². The molecule has 2 heterocycles. The van der Waals surface area contributed by atoms with Crippen molar-refractivity contribution in [2.24, 2.45) is 0 Å². The smallest absolute Gasteiger partial charge is 0.342 e. The van der Waals surface area contributed by atoms with Crippen molar-refractivity contribution >= 4 is 34.7 Å². The van der Waals surface area contributed by atoms with Gasteiger partial charge in [0.15, 0.2) is 0 Å². The molecule has 4 aromatic rings. The number of rotatable bonds is 7. The summed E-state index contributed by atoms with van der Waals surface area (Å²) < 4.78 is 7.70. The molecule has 6 nitrogen and oxygen atoms in total.